The highest BCUT2D eigenvalue weighted by molar-refractivity contribution is 5.46. The van der Waals surface area contributed by atoms with Gasteiger partial charge in [-0.05, 0) is 53.9 Å². The second-order valence-electron chi connectivity index (χ2n) is 8.61. The molecule has 4 rings (SSSR count). The van der Waals surface area contributed by atoms with E-state index in [1.807, 2.05) is 36.4 Å². The molecule has 1 aliphatic carbocycles. The lowest BCUT2D eigenvalue weighted by molar-refractivity contribution is -0.0983. The van der Waals surface area contributed by atoms with E-state index in [0.29, 0.717) is 5.69 Å². The van der Waals surface area contributed by atoms with E-state index in [4.69, 9.17) is 14.2 Å². The van der Waals surface area contributed by atoms with Gasteiger partial charge in [0.2, 0.25) is 0 Å². The van der Waals surface area contributed by atoms with E-state index >= 15 is 0 Å². The standard InChI is InChI=1S/C29H31NO4/c1-28(18-5-4-6-19-28)29(22-10-14-26(32-2)15-11-22,23-12-16-27(33-3)17-13-23)34-21-25-9-7-8-24(20-31)30-25/h4-18,31H,19-21H2,1-3H3. The van der Waals surface area contributed by atoms with Crippen LogP contribution in [0.2, 0.25) is 0 Å². The summed E-state index contributed by atoms with van der Waals surface area (Å²) in [6, 6.07) is 21.8. The molecule has 0 spiro atoms. The molecule has 1 heterocycles. The fourth-order valence-electron chi connectivity index (χ4n) is 4.68. The molecule has 0 amide bonds. The van der Waals surface area contributed by atoms with Crippen LogP contribution in [-0.2, 0) is 23.6 Å². The van der Waals surface area contributed by atoms with E-state index in [-0.39, 0.29) is 18.6 Å². The Morgan fingerprint density at radius 2 is 1.44 bits per heavy atom. The third-order valence-electron chi connectivity index (χ3n) is 6.51. The third-order valence-corrected chi connectivity index (χ3v) is 6.51. The summed E-state index contributed by atoms with van der Waals surface area (Å²) in [5, 5.41) is 9.55. The Bertz CT molecular complexity index is 1100. The lowest BCUT2D eigenvalue weighted by Crippen LogP contribution is -2.46. The minimum Gasteiger partial charge on any atom is -0.497 e. The van der Waals surface area contributed by atoms with Crippen LogP contribution in [0.1, 0.15) is 35.9 Å². The Morgan fingerprint density at radius 1 is 0.853 bits per heavy atom. The van der Waals surface area contributed by atoms with Crippen LogP contribution in [0.25, 0.3) is 0 Å². The average molecular weight is 458 g/mol. The molecular formula is C29H31NO4. The Kier molecular flexibility index (Phi) is 7.15. The molecule has 0 aliphatic heterocycles. The smallest absolute Gasteiger partial charge is 0.128 e. The van der Waals surface area contributed by atoms with Crippen molar-refractivity contribution >= 4 is 0 Å². The molecule has 5 heteroatoms. The van der Waals surface area contributed by atoms with Gasteiger partial charge in [0, 0.05) is 5.41 Å². The van der Waals surface area contributed by atoms with Crippen molar-refractivity contribution in [3.05, 3.63) is 114 Å². The largest absolute Gasteiger partial charge is 0.497 e. The van der Waals surface area contributed by atoms with Crippen LogP contribution in [-0.4, -0.2) is 24.3 Å². The van der Waals surface area contributed by atoms with Crippen LogP contribution in [0.15, 0.2) is 91.0 Å². The van der Waals surface area contributed by atoms with Crippen molar-refractivity contribution in [1.82, 2.24) is 4.98 Å². The summed E-state index contributed by atoms with van der Waals surface area (Å²) in [5.74, 6) is 1.57. The molecule has 3 aromatic rings. The van der Waals surface area contributed by atoms with Gasteiger partial charge in [0.05, 0.1) is 38.8 Å². The van der Waals surface area contributed by atoms with Crippen molar-refractivity contribution in [2.24, 2.45) is 5.41 Å². The normalized spacial score (nSPS) is 17.5. The van der Waals surface area contributed by atoms with E-state index in [1.54, 1.807) is 20.3 Å². The van der Waals surface area contributed by atoms with Gasteiger partial charge in [0.1, 0.15) is 17.1 Å². The average Bonchev–Trinajstić information content (AvgIpc) is 2.90. The van der Waals surface area contributed by atoms with Crippen LogP contribution in [0.3, 0.4) is 0 Å². The fourth-order valence-corrected chi connectivity index (χ4v) is 4.68. The zero-order valence-electron chi connectivity index (χ0n) is 19.9. The molecule has 34 heavy (non-hydrogen) atoms. The highest BCUT2D eigenvalue weighted by atomic mass is 16.5. The van der Waals surface area contributed by atoms with E-state index in [1.165, 1.54) is 0 Å². The molecule has 0 bridgehead atoms. The highest BCUT2D eigenvalue weighted by Gasteiger charge is 2.50. The summed E-state index contributed by atoms with van der Waals surface area (Å²) < 4.78 is 17.8. The van der Waals surface area contributed by atoms with Crippen LogP contribution >= 0.6 is 0 Å². The maximum atomic E-state index is 9.55. The number of allylic oxidation sites excluding steroid dienone is 3. The molecule has 0 fully saturated rings. The number of hydrogen-bond acceptors (Lipinski definition) is 5. The molecule has 0 saturated carbocycles. The van der Waals surface area contributed by atoms with Gasteiger partial charge in [0.15, 0.2) is 0 Å². The number of methoxy groups -OCH3 is 2. The fraction of sp³-hybridized carbons (Fsp3) is 0.276. The monoisotopic (exact) mass is 457 g/mol. The van der Waals surface area contributed by atoms with Gasteiger partial charge in [-0.25, -0.2) is 0 Å². The zero-order valence-corrected chi connectivity index (χ0v) is 19.9. The number of rotatable bonds is 9. The van der Waals surface area contributed by atoms with Crippen molar-refractivity contribution in [2.75, 3.05) is 14.2 Å². The van der Waals surface area contributed by atoms with Crippen molar-refractivity contribution < 1.29 is 19.3 Å². The summed E-state index contributed by atoms with van der Waals surface area (Å²) in [5.41, 5.74) is 2.19. The van der Waals surface area contributed by atoms with Gasteiger partial charge in [0.25, 0.3) is 0 Å². The second-order valence-corrected chi connectivity index (χ2v) is 8.61. The molecule has 1 aromatic heterocycles. The number of aliphatic hydroxyl groups excluding tert-OH is 1. The Hall–Kier alpha value is -3.41. The molecular weight excluding hydrogens is 426 g/mol. The predicted molar refractivity (Wildman–Crippen MR) is 133 cm³/mol. The van der Waals surface area contributed by atoms with E-state index in [2.05, 4.69) is 60.5 Å². The lowest BCUT2D eigenvalue weighted by atomic mass is 9.63. The van der Waals surface area contributed by atoms with Crippen molar-refractivity contribution in [1.29, 1.82) is 0 Å². The van der Waals surface area contributed by atoms with Crippen LogP contribution < -0.4 is 9.47 Å². The minimum absolute atomic E-state index is 0.110. The van der Waals surface area contributed by atoms with Crippen molar-refractivity contribution in [2.45, 2.75) is 32.2 Å². The quantitative estimate of drug-likeness (QED) is 0.455. The van der Waals surface area contributed by atoms with Gasteiger partial charge in [-0.1, -0.05) is 61.6 Å². The molecule has 0 radical (unpaired) electrons. The summed E-state index contributed by atoms with van der Waals surface area (Å²) in [7, 11) is 3.33. The third kappa shape index (κ3) is 4.49. The number of ether oxygens (including phenoxy) is 3. The molecule has 0 saturated heterocycles. The van der Waals surface area contributed by atoms with Crippen LogP contribution in [0.5, 0.6) is 11.5 Å². The molecule has 2 aromatic carbocycles. The molecule has 1 N–H and O–H groups in total. The number of pyridine rings is 1. The molecule has 1 unspecified atom stereocenters. The summed E-state index contributed by atoms with van der Waals surface area (Å²) in [4.78, 5) is 4.56. The van der Waals surface area contributed by atoms with Crippen molar-refractivity contribution in [3.8, 4) is 11.5 Å². The maximum absolute atomic E-state index is 9.55. The lowest BCUT2D eigenvalue weighted by Gasteiger charge is -2.48. The minimum atomic E-state index is -0.830. The Balaban J connectivity index is 1.89. The molecule has 176 valence electrons. The molecule has 5 nitrogen and oxygen atoms in total. The van der Waals surface area contributed by atoms with E-state index in [0.717, 1.165) is 34.7 Å². The summed E-state index contributed by atoms with van der Waals surface area (Å²) >= 11 is 0. The number of hydrogen-bond donors (Lipinski definition) is 1. The van der Waals surface area contributed by atoms with Crippen LogP contribution in [0.4, 0.5) is 0 Å². The number of benzene rings is 2. The number of aromatic nitrogens is 1. The number of aliphatic hydroxyl groups is 1. The molecule has 1 atom stereocenters. The topological polar surface area (TPSA) is 60.8 Å². The van der Waals surface area contributed by atoms with Gasteiger partial charge >= 0.3 is 0 Å². The van der Waals surface area contributed by atoms with Gasteiger partial charge < -0.3 is 19.3 Å². The second kappa shape index (κ2) is 10.2. The first-order chi connectivity index (χ1) is 16.5. The molecule has 1 aliphatic rings. The zero-order chi connectivity index (χ0) is 24.0. The SMILES string of the molecule is COc1ccc(C(OCc2cccc(CO)n2)(c2ccc(OC)cc2)C2(C)C=CC=CC2)cc1. The maximum Gasteiger partial charge on any atom is 0.128 e. The van der Waals surface area contributed by atoms with Gasteiger partial charge in [-0.15, -0.1) is 0 Å². The van der Waals surface area contributed by atoms with Crippen LogP contribution in [0, 0.1) is 5.41 Å². The summed E-state index contributed by atoms with van der Waals surface area (Å²) in [6.07, 6.45) is 9.35. The first-order valence-electron chi connectivity index (χ1n) is 11.4. The van der Waals surface area contributed by atoms with E-state index in [9.17, 15) is 5.11 Å². The highest BCUT2D eigenvalue weighted by Crippen LogP contribution is 2.53. The Labute approximate surface area is 201 Å². The van der Waals surface area contributed by atoms with Gasteiger partial charge in [-0.2, -0.15) is 0 Å². The summed E-state index contributed by atoms with van der Waals surface area (Å²) in [6.45, 7) is 2.39. The Morgan fingerprint density at radius 3 is 1.94 bits per heavy atom. The predicted octanol–water partition coefficient (Wildman–Crippen LogP) is 5.57. The number of nitrogens with zero attached hydrogens (tertiary/aromatic N) is 1. The first-order valence-corrected chi connectivity index (χ1v) is 11.4. The first kappa shape index (κ1) is 23.7. The van der Waals surface area contributed by atoms with E-state index < -0.39 is 5.60 Å². The van der Waals surface area contributed by atoms with Gasteiger partial charge in [-0.3, -0.25) is 4.98 Å². The van der Waals surface area contributed by atoms with Crippen molar-refractivity contribution in [3.63, 3.8) is 0 Å².